The quantitative estimate of drug-likeness (QED) is 0.612. The summed E-state index contributed by atoms with van der Waals surface area (Å²) in [6.45, 7) is 3.78. The molecule has 0 saturated carbocycles. The number of sulfonamides is 1. The van der Waals surface area contributed by atoms with Crippen LogP contribution in [0.15, 0.2) is 53.4 Å². The van der Waals surface area contributed by atoms with Crippen molar-refractivity contribution >= 4 is 27.5 Å². The van der Waals surface area contributed by atoms with Crippen molar-refractivity contribution in [3.8, 4) is 5.75 Å². The van der Waals surface area contributed by atoms with Crippen LogP contribution in [0.5, 0.6) is 5.75 Å². The first-order valence-corrected chi connectivity index (χ1v) is 10.1. The molecule has 0 aliphatic heterocycles. The highest BCUT2D eigenvalue weighted by atomic mass is 32.2. The van der Waals surface area contributed by atoms with E-state index in [4.69, 9.17) is 4.74 Å². The number of ether oxygens (including phenoxy) is 1. The monoisotopic (exact) mass is 405 g/mol. The van der Waals surface area contributed by atoms with Gasteiger partial charge in [0.05, 0.1) is 17.7 Å². The summed E-state index contributed by atoms with van der Waals surface area (Å²) in [5.41, 5.74) is 5.13. The number of anilines is 1. The third-order valence-corrected chi connectivity index (χ3v) is 5.07. The molecule has 0 fully saturated rings. The molecule has 2 amide bonds. The number of para-hydroxylation sites is 2. The number of methoxy groups -OCH3 is 1. The standard InChI is InChI=1S/C19H23N3O5S/c1-13(2)12-18(23)20-21-19(24)14-8-10-15(11-9-14)28(25,26)22-16-6-4-5-7-17(16)27-3/h4-11,13,22H,12H2,1-3H3,(H,20,23)(H,21,24). The van der Waals surface area contributed by atoms with Crippen LogP contribution in [0.2, 0.25) is 0 Å². The Morgan fingerprint density at radius 3 is 2.25 bits per heavy atom. The second-order valence-electron chi connectivity index (χ2n) is 6.43. The zero-order valence-corrected chi connectivity index (χ0v) is 16.7. The summed E-state index contributed by atoms with van der Waals surface area (Å²) in [6.07, 6.45) is 0.284. The smallest absolute Gasteiger partial charge is 0.269 e. The first-order valence-electron chi connectivity index (χ1n) is 8.58. The van der Waals surface area contributed by atoms with Crippen molar-refractivity contribution in [3.63, 3.8) is 0 Å². The largest absolute Gasteiger partial charge is 0.495 e. The fourth-order valence-corrected chi connectivity index (χ4v) is 3.41. The van der Waals surface area contributed by atoms with E-state index in [1.807, 2.05) is 13.8 Å². The van der Waals surface area contributed by atoms with Gasteiger partial charge in [0.25, 0.3) is 15.9 Å². The molecule has 0 spiro atoms. The van der Waals surface area contributed by atoms with Crippen molar-refractivity contribution in [3.05, 3.63) is 54.1 Å². The van der Waals surface area contributed by atoms with E-state index in [1.54, 1.807) is 24.3 Å². The van der Waals surface area contributed by atoms with Crippen LogP contribution in [0.25, 0.3) is 0 Å². The molecule has 28 heavy (non-hydrogen) atoms. The van der Waals surface area contributed by atoms with Crippen LogP contribution < -0.4 is 20.3 Å². The Hall–Kier alpha value is -3.07. The average Bonchev–Trinajstić information content (AvgIpc) is 2.66. The molecule has 0 atom stereocenters. The molecule has 2 aromatic rings. The number of amides is 2. The minimum atomic E-state index is -3.86. The summed E-state index contributed by atoms with van der Waals surface area (Å²) in [4.78, 5) is 23.6. The lowest BCUT2D eigenvalue weighted by Crippen LogP contribution is -2.42. The molecule has 3 N–H and O–H groups in total. The van der Waals surface area contributed by atoms with Gasteiger partial charge >= 0.3 is 0 Å². The van der Waals surface area contributed by atoms with E-state index in [0.717, 1.165) is 0 Å². The molecule has 0 heterocycles. The van der Waals surface area contributed by atoms with Gasteiger partial charge in [0, 0.05) is 12.0 Å². The van der Waals surface area contributed by atoms with Crippen LogP contribution in [0.4, 0.5) is 5.69 Å². The molecule has 2 rings (SSSR count). The highest BCUT2D eigenvalue weighted by Gasteiger charge is 2.17. The third-order valence-electron chi connectivity index (χ3n) is 3.69. The van der Waals surface area contributed by atoms with Crippen LogP contribution in [-0.4, -0.2) is 27.3 Å². The molecule has 9 heteroatoms. The minimum Gasteiger partial charge on any atom is -0.495 e. The van der Waals surface area contributed by atoms with Crippen molar-refractivity contribution in [2.24, 2.45) is 5.92 Å². The number of hydrogen-bond donors (Lipinski definition) is 3. The van der Waals surface area contributed by atoms with Crippen LogP contribution in [0, 0.1) is 5.92 Å². The summed E-state index contributed by atoms with van der Waals surface area (Å²) in [6, 6.07) is 12.0. The van der Waals surface area contributed by atoms with E-state index in [0.29, 0.717) is 11.4 Å². The van der Waals surface area contributed by atoms with Gasteiger partial charge in [-0.3, -0.25) is 25.2 Å². The number of hydrogen-bond acceptors (Lipinski definition) is 5. The molecule has 0 unspecified atom stereocenters. The molecule has 0 aliphatic carbocycles. The molecule has 0 bridgehead atoms. The van der Waals surface area contributed by atoms with Crippen molar-refractivity contribution < 1.29 is 22.7 Å². The summed E-state index contributed by atoms with van der Waals surface area (Å²) >= 11 is 0. The molecule has 0 aromatic heterocycles. The van der Waals surface area contributed by atoms with Gasteiger partial charge in [-0.1, -0.05) is 26.0 Å². The summed E-state index contributed by atoms with van der Waals surface area (Å²) in [5, 5.41) is 0. The average molecular weight is 405 g/mol. The number of nitrogens with one attached hydrogen (secondary N) is 3. The van der Waals surface area contributed by atoms with E-state index in [1.165, 1.54) is 31.4 Å². The lowest BCUT2D eigenvalue weighted by Gasteiger charge is -2.12. The highest BCUT2D eigenvalue weighted by molar-refractivity contribution is 7.92. The van der Waals surface area contributed by atoms with E-state index in [2.05, 4.69) is 15.6 Å². The number of rotatable bonds is 7. The van der Waals surface area contributed by atoms with Gasteiger partial charge in [0.1, 0.15) is 5.75 Å². The second kappa shape index (κ2) is 9.23. The number of carbonyl (C=O) groups is 2. The molecule has 8 nitrogen and oxygen atoms in total. The summed E-state index contributed by atoms with van der Waals surface area (Å²) in [7, 11) is -2.41. The zero-order valence-electron chi connectivity index (χ0n) is 15.9. The Bertz CT molecular complexity index is 940. The first kappa shape index (κ1) is 21.2. The first-order chi connectivity index (χ1) is 13.2. The lowest BCUT2D eigenvalue weighted by atomic mass is 10.1. The van der Waals surface area contributed by atoms with Crippen LogP contribution >= 0.6 is 0 Å². The zero-order chi connectivity index (χ0) is 20.7. The Morgan fingerprint density at radius 1 is 1.00 bits per heavy atom. The highest BCUT2D eigenvalue weighted by Crippen LogP contribution is 2.26. The molecular weight excluding hydrogens is 382 g/mol. The van der Waals surface area contributed by atoms with Crippen LogP contribution in [0.3, 0.4) is 0 Å². The van der Waals surface area contributed by atoms with Gasteiger partial charge in [0.2, 0.25) is 5.91 Å². The Morgan fingerprint density at radius 2 is 1.64 bits per heavy atom. The van der Waals surface area contributed by atoms with Gasteiger partial charge in [-0.15, -0.1) is 0 Å². The van der Waals surface area contributed by atoms with Crippen LogP contribution in [0.1, 0.15) is 30.6 Å². The van der Waals surface area contributed by atoms with E-state index in [-0.39, 0.29) is 28.7 Å². The maximum atomic E-state index is 12.5. The van der Waals surface area contributed by atoms with Crippen molar-refractivity contribution in [2.75, 3.05) is 11.8 Å². The molecule has 0 aliphatic rings. The molecule has 2 aromatic carbocycles. The topological polar surface area (TPSA) is 114 Å². The van der Waals surface area contributed by atoms with Crippen molar-refractivity contribution in [1.29, 1.82) is 0 Å². The Labute approximate surface area is 164 Å². The van der Waals surface area contributed by atoms with E-state index < -0.39 is 15.9 Å². The van der Waals surface area contributed by atoms with Crippen LogP contribution in [-0.2, 0) is 14.8 Å². The Kier molecular flexibility index (Phi) is 7.00. The lowest BCUT2D eigenvalue weighted by molar-refractivity contribution is -0.122. The number of hydrazine groups is 1. The number of benzene rings is 2. The maximum Gasteiger partial charge on any atom is 0.269 e. The third kappa shape index (κ3) is 5.71. The van der Waals surface area contributed by atoms with Gasteiger partial charge in [-0.25, -0.2) is 8.42 Å². The van der Waals surface area contributed by atoms with E-state index >= 15 is 0 Å². The van der Waals surface area contributed by atoms with E-state index in [9.17, 15) is 18.0 Å². The predicted molar refractivity (Wildman–Crippen MR) is 105 cm³/mol. The summed E-state index contributed by atoms with van der Waals surface area (Å²) in [5.74, 6) is -0.293. The van der Waals surface area contributed by atoms with Crippen molar-refractivity contribution in [2.45, 2.75) is 25.2 Å². The molecule has 150 valence electrons. The second-order valence-corrected chi connectivity index (χ2v) is 8.11. The minimum absolute atomic E-state index is 0.0150. The van der Waals surface area contributed by atoms with Gasteiger partial charge in [0.15, 0.2) is 0 Å². The summed E-state index contributed by atoms with van der Waals surface area (Å²) < 4.78 is 32.7. The SMILES string of the molecule is COc1ccccc1NS(=O)(=O)c1ccc(C(=O)NNC(=O)CC(C)C)cc1. The molecule has 0 radical (unpaired) electrons. The molecule has 0 saturated heterocycles. The predicted octanol–water partition coefficient (Wildman–Crippen LogP) is 2.30. The van der Waals surface area contributed by atoms with Crippen molar-refractivity contribution in [1.82, 2.24) is 10.9 Å². The maximum absolute atomic E-state index is 12.5. The molecular formula is C19H23N3O5S. The normalized spacial score (nSPS) is 11.0. The van der Waals surface area contributed by atoms with Gasteiger partial charge < -0.3 is 4.74 Å². The fraction of sp³-hybridized carbons (Fsp3) is 0.263. The van der Waals surface area contributed by atoms with Gasteiger partial charge in [-0.2, -0.15) is 0 Å². The number of carbonyl (C=O) groups excluding carboxylic acids is 2. The Balaban J connectivity index is 2.06. The van der Waals surface area contributed by atoms with Gasteiger partial charge in [-0.05, 0) is 42.3 Å². The fourth-order valence-electron chi connectivity index (χ4n) is 2.34.